The van der Waals surface area contributed by atoms with E-state index in [0.29, 0.717) is 5.46 Å². The lowest BCUT2D eigenvalue weighted by molar-refractivity contribution is 0.426. The van der Waals surface area contributed by atoms with Crippen LogP contribution in [0.1, 0.15) is 12.2 Å². The van der Waals surface area contributed by atoms with Crippen LogP contribution in [0.25, 0.3) is 11.0 Å². The van der Waals surface area contributed by atoms with Crippen molar-refractivity contribution in [2.75, 3.05) is 13.6 Å². The zero-order valence-corrected chi connectivity index (χ0v) is 10.7. The van der Waals surface area contributed by atoms with Crippen LogP contribution in [-0.4, -0.2) is 40.3 Å². The molecule has 0 saturated carbocycles. The largest absolute Gasteiger partial charge is 0.490 e. The average molecular weight is 247 g/mol. The molecule has 0 fully saturated rings. The summed E-state index contributed by atoms with van der Waals surface area (Å²) < 4.78 is 2.04. The molecule has 1 heterocycles. The normalized spacial score (nSPS) is 11.1. The smallest absolute Gasteiger partial charge is 0.423 e. The van der Waals surface area contributed by atoms with Gasteiger partial charge in [-0.15, -0.1) is 0 Å². The third-order valence-electron chi connectivity index (χ3n) is 3.08. The van der Waals surface area contributed by atoms with Crippen LogP contribution in [0.4, 0.5) is 0 Å². The summed E-state index contributed by atoms with van der Waals surface area (Å²) in [5.41, 5.74) is 2.14. The van der Waals surface area contributed by atoms with Crippen LogP contribution < -0.4 is 10.8 Å². The quantitative estimate of drug-likeness (QED) is 0.498. The Morgan fingerprint density at radius 1 is 1.39 bits per heavy atom. The molecule has 2 rings (SSSR count). The molecular formula is C12H18BN3O2. The Labute approximate surface area is 107 Å². The van der Waals surface area contributed by atoms with E-state index in [0.717, 1.165) is 36.4 Å². The van der Waals surface area contributed by atoms with Crippen LogP contribution in [0, 0.1) is 6.92 Å². The Hall–Kier alpha value is -1.37. The zero-order valence-electron chi connectivity index (χ0n) is 10.7. The second kappa shape index (κ2) is 5.52. The maximum atomic E-state index is 9.43. The summed E-state index contributed by atoms with van der Waals surface area (Å²) in [6, 6.07) is 5.41. The molecule has 0 unspecified atom stereocenters. The van der Waals surface area contributed by atoms with Crippen molar-refractivity contribution < 1.29 is 10.0 Å². The molecule has 5 nitrogen and oxygen atoms in total. The number of para-hydroxylation sites is 1. The fraction of sp³-hybridized carbons (Fsp3) is 0.417. The van der Waals surface area contributed by atoms with Gasteiger partial charge in [0.05, 0.1) is 11.0 Å². The lowest BCUT2D eigenvalue weighted by atomic mass is 9.79. The summed E-state index contributed by atoms with van der Waals surface area (Å²) in [5.74, 6) is 0.897. The van der Waals surface area contributed by atoms with Gasteiger partial charge in [0, 0.05) is 12.0 Å². The predicted molar refractivity (Wildman–Crippen MR) is 72.8 cm³/mol. The van der Waals surface area contributed by atoms with Crippen LogP contribution in [0.5, 0.6) is 0 Å². The van der Waals surface area contributed by atoms with Crippen LogP contribution >= 0.6 is 0 Å². The van der Waals surface area contributed by atoms with Crippen molar-refractivity contribution in [3.8, 4) is 0 Å². The average Bonchev–Trinajstić information content (AvgIpc) is 2.65. The molecule has 1 aromatic heterocycles. The predicted octanol–water partition coefficient (Wildman–Crippen LogP) is -0.366. The van der Waals surface area contributed by atoms with Gasteiger partial charge < -0.3 is 19.9 Å². The molecule has 0 radical (unpaired) electrons. The number of aromatic nitrogens is 2. The third kappa shape index (κ3) is 2.41. The molecule has 0 atom stereocenters. The van der Waals surface area contributed by atoms with Gasteiger partial charge in [-0.3, -0.25) is 0 Å². The zero-order chi connectivity index (χ0) is 13.1. The highest BCUT2D eigenvalue weighted by atomic mass is 16.4. The summed E-state index contributed by atoms with van der Waals surface area (Å²) in [7, 11) is 0.453. The minimum Gasteiger partial charge on any atom is -0.423 e. The van der Waals surface area contributed by atoms with E-state index in [4.69, 9.17) is 0 Å². The Morgan fingerprint density at radius 2 is 2.17 bits per heavy atom. The first-order chi connectivity index (χ1) is 8.65. The van der Waals surface area contributed by atoms with Gasteiger partial charge in [0.15, 0.2) is 0 Å². The molecule has 96 valence electrons. The number of fused-ring (bicyclic) bond motifs is 1. The van der Waals surface area contributed by atoms with Crippen molar-refractivity contribution in [3.63, 3.8) is 0 Å². The van der Waals surface area contributed by atoms with Gasteiger partial charge in [-0.2, -0.15) is 0 Å². The lowest BCUT2D eigenvalue weighted by Crippen LogP contribution is -2.31. The van der Waals surface area contributed by atoms with Gasteiger partial charge in [-0.05, 0) is 33.0 Å². The maximum absolute atomic E-state index is 9.43. The summed E-state index contributed by atoms with van der Waals surface area (Å²) in [4.78, 5) is 4.46. The van der Waals surface area contributed by atoms with Crippen LogP contribution in [0.2, 0.25) is 0 Å². The van der Waals surface area contributed by atoms with E-state index in [1.54, 1.807) is 12.1 Å². The molecule has 0 bridgehead atoms. The van der Waals surface area contributed by atoms with E-state index in [9.17, 15) is 10.0 Å². The second-order valence-corrected chi connectivity index (χ2v) is 4.36. The Kier molecular flexibility index (Phi) is 4.01. The SMILES string of the molecule is CNCCCn1c(C)nc2cccc(B(O)O)c21. The van der Waals surface area contributed by atoms with Crippen LogP contribution in [-0.2, 0) is 6.54 Å². The van der Waals surface area contributed by atoms with Crippen molar-refractivity contribution in [2.24, 2.45) is 0 Å². The van der Waals surface area contributed by atoms with Crippen molar-refractivity contribution in [3.05, 3.63) is 24.0 Å². The molecule has 2 aromatic rings. The number of benzene rings is 1. The molecule has 3 N–H and O–H groups in total. The monoisotopic (exact) mass is 247 g/mol. The lowest BCUT2D eigenvalue weighted by Gasteiger charge is -2.09. The van der Waals surface area contributed by atoms with E-state index in [-0.39, 0.29) is 0 Å². The maximum Gasteiger partial charge on any atom is 0.490 e. The Bertz CT molecular complexity index is 539. The van der Waals surface area contributed by atoms with Gasteiger partial charge in [0.2, 0.25) is 0 Å². The van der Waals surface area contributed by atoms with Crippen molar-refractivity contribution in [1.29, 1.82) is 0 Å². The fourth-order valence-corrected chi connectivity index (χ4v) is 2.23. The standard InChI is InChI=1S/C12H18BN3O2/c1-9-15-11-6-3-5-10(13(17)18)12(11)16(9)8-4-7-14-2/h3,5-6,14,17-18H,4,7-8H2,1-2H3. The first-order valence-corrected chi connectivity index (χ1v) is 6.11. The first kappa shape index (κ1) is 13.1. The summed E-state index contributed by atoms with van der Waals surface area (Å²) in [6.07, 6.45) is 0.971. The Balaban J connectivity index is 2.46. The summed E-state index contributed by atoms with van der Waals surface area (Å²) in [5, 5.41) is 22.0. The van der Waals surface area contributed by atoms with Crippen molar-refractivity contribution >= 4 is 23.6 Å². The minimum absolute atomic E-state index is 0.512. The van der Waals surface area contributed by atoms with Gasteiger partial charge in [0.1, 0.15) is 5.82 Å². The minimum atomic E-state index is -1.46. The molecule has 0 aliphatic carbocycles. The van der Waals surface area contributed by atoms with Gasteiger partial charge in [-0.25, -0.2) is 4.98 Å². The molecule has 0 amide bonds. The molecule has 6 heteroatoms. The van der Waals surface area contributed by atoms with Gasteiger partial charge in [-0.1, -0.05) is 12.1 Å². The summed E-state index contributed by atoms with van der Waals surface area (Å²) in [6.45, 7) is 3.67. The van der Waals surface area contributed by atoms with Crippen molar-refractivity contribution in [1.82, 2.24) is 14.9 Å². The molecule has 0 aliphatic heterocycles. The van der Waals surface area contributed by atoms with Crippen LogP contribution in [0.15, 0.2) is 18.2 Å². The number of aryl methyl sites for hydroxylation is 2. The highest BCUT2D eigenvalue weighted by Crippen LogP contribution is 2.14. The van der Waals surface area contributed by atoms with Gasteiger partial charge in [0.25, 0.3) is 0 Å². The van der Waals surface area contributed by atoms with Crippen molar-refractivity contribution in [2.45, 2.75) is 19.9 Å². The number of imidazole rings is 1. The van der Waals surface area contributed by atoms with E-state index in [2.05, 4.69) is 10.3 Å². The van der Waals surface area contributed by atoms with E-state index >= 15 is 0 Å². The molecule has 0 aliphatic rings. The summed E-state index contributed by atoms with van der Waals surface area (Å²) >= 11 is 0. The first-order valence-electron chi connectivity index (χ1n) is 6.11. The molecule has 1 aromatic carbocycles. The highest BCUT2D eigenvalue weighted by molar-refractivity contribution is 6.61. The number of nitrogens with zero attached hydrogens (tertiary/aromatic N) is 2. The van der Waals surface area contributed by atoms with Gasteiger partial charge >= 0.3 is 7.12 Å². The Morgan fingerprint density at radius 3 is 2.83 bits per heavy atom. The van der Waals surface area contributed by atoms with E-state index < -0.39 is 7.12 Å². The van der Waals surface area contributed by atoms with E-state index in [1.807, 2.05) is 24.6 Å². The van der Waals surface area contributed by atoms with E-state index in [1.165, 1.54) is 0 Å². The van der Waals surface area contributed by atoms with Crippen LogP contribution in [0.3, 0.4) is 0 Å². The molecular weight excluding hydrogens is 229 g/mol. The molecule has 0 spiro atoms. The number of rotatable bonds is 5. The topological polar surface area (TPSA) is 70.3 Å². The number of nitrogens with one attached hydrogen (secondary N) is 1. The molecule has 0 saturated heterocycles. The number of hydrogen-bond donors (Lipinski definition) is 3. The number of hydrogen-bond acceptors (Lipinski definition) is 4. The fourth-order valence-electron chi connectivity index (χ4n) is 2.23. The third-order valence-corrected chi connectivity index (χ3v) is 3.08. The molecule has 18 heavy (non-hydrogen) atoms. The highest BCUT2D eigenvalue weighted by Gasteiger charge is 2.19. The second-order valence-electron chi connectivity index (χ2n) is 4.36.